The Bertz CT molecular complexity index is 815. The third-order valence-corrected chi connectivity index (χ3v) is 3.61. The molecule has 1 saturated heterocycles. The van der Waals surface area contributed by atoms with E-state index in [1.807, 2.05) is 0 Å². The largest absolute Gasteiger partial charge is 0.416 e. The maximum atomic E-state index is 12.8. The molecular weight excluding hydrogens is 337 g/mol. The minimum atomic E-state index is -4.52. The number of amides is 2. The molecule has 1 fully saturated rings. The molecule has 2 amide bonds. The molecule has 1 aliphatic heterocycles. The molecule has 0 spiro atoms. The van der Waals surface area contributed by atoms with Crippen LogP contribution in [0.25, 0.3) is 0 Å². The molecule has 0 unspecified atom stereocenters. The zero-order valence-corrected chi connectivity index (χ0v) is 12.8. The normalized spacial score (nSPS) is 16.1. The van der Waals surface area contributed by atoms with E-state index in [-0.39, 0.29) is 18.8 Å². The first kappa shape index (κ1) is 16.7. The van der Waals surface area contributed by atoms with Crippen molar-refractivity contribution < 1.29 is 22.8 Å². The van der Waals surface area contributed by atoms with Crippen LogP contribution in [0.1, 0.15) is 11.3 Å². The summed E-state index contributed by atoms with van der Waals surface area (Å²) in [6.07, 6.45) is -1.45. The first-order valence-electron chi connectivity index (χ1n) is 7.30. The highest BCUT2D eigenvalue weighted by atomic mass is 19.4. The van der Waals surface area contributed by atoms with E-state index in [4.69, 9.17) is 0 Å². The molecular formula is C16H13F3N4O2. The van der Waals surface area contributed by atoms with Crippen molar-refractivity contribution in [2.75, 3.05) is 18.0 Å². The average Bonchev–Trinajstić information content (AvgIpc) is 3.08. The van der Waals surface area contributed by atoms with Gasteiger partial charge in [-0.3, -0.25) is 9.59 Å². The van der Waals surface area contributed by atoms with E-state index in [0.29, 0.717) is 5.69 Å². The molecule has 0 bridgehead atoms. The number of nitrogens with one attached hydrogen (secondary N) is 1. The highest BCUT2D eigenvalue weighted by molar-refractivity contribution is 6.04. The number of aromatic amines is 1. The van der Waals surface area contributed by atoms with E-state index in [2.05, 4.69) is 10.1 Å². The third-order valence-electron chi connectivity index (χ3n) is 3.61. The fraction of sp³-hybridized carbons (Fsp3) is 0.188. The first-order chi connectivity index (χ1) is 11.8. The number of benzene rings is 1. The van der Waals surface area contributed by atoms with Gasteiger partial charge in [-0.15, -0.1) is 0 Å². The molecule has 2 heterocycles. The highest BCUT2D eigenvalue weighted by Gasteiger charge is 2.34. The van der Waals surface area contributed by atoms with Gasteiger partial charge in [0.1, 0.15) is 13.1 Å². The number of hydrogen-bond acceptors (Lipinski definition) is 3. The Labute approximate surface area is 140 Å². The van der Waals surface area contributed by atoms with Gasteiger partial charge in [-0.2, -0.15) is 18.3 Å². The lowest BCUT2D eigenvalue weighted by atomic mass is 10.1. The van der Waals surface area contributed by atoms with Gasteiger partial charge in [-0.05, 0) is 30.3 Å². The summed E-state index contributed by atoms with van der Waals surface area (Å²) >= 11 is 0. The zero-order valence-electron chi connectivity index (χ0n) is 12.8. The van der Waals surface area contributed by atoms with Crippen LogP contribution in [-0.2, 0) is 15.8 Å². The van der Waals surface area contributed by atoms with E-state index >= 15 is 0 Å². The smallest absolute Gasteiger partial charge is 0.360 e. The maximum Gasteiger partial charge on any atom is 0.416 e. The molecule has 2 aromatic rings. The topological polar surface area (TPSA) is 68.8 Å². The van der Waals surface area contributed by atoms with Crippen molar-refractivity contribution in [3.63, 3.8) is 0 Å². The SMILES string of the molecule is O=C1CN(c2cccc(C(F)(F)F)c2)C(=O)CN1N=Cc1ccc[nH]1. The number of alkyl halides is 3. The van der Waals surface area contributed by atoms with Gasteiger partial charge in [0.15, 0.2) is 0 Å². The monoisotopic (exact) mass is 350 g/mol. The van der Waals surface area contributed by atoms with E-state index in [9.17, 15) is 22.8 Å². The van der Waals surface area contributed by atoms with E-state index < -0.39 is 23.6 Å². The Hall–Kier alpha value is -3.10. The number of rotatable bonds is 3. The summed E-state index contributed by atoms with van der Waals surface area (Å²) in [4.78, 5) is 28.3. The number of anilines is 1. The van der Waals surface area contributed by atoms with Crippen molar-refractivity contribution in [1.29, 1.82) is 0 Å². The summed E-state index contributed by atoms with van der Waals surface area (Å²) in [6.45, 7) is -0.714. The van der Waals surface area contributed by atoms with Gasteiger partial charge in [-0.25, -0.2) is 5.01 Å². The minimum Gasteiger partial charge on any atom is -0.360 e. The summed E-state index contributed by atoms with van der Waals surface area (Å²) < 4.78 is 38.4. The zero-order chi connectivity index (χ0) is 18.0. The van der Waals surface area contributed by atoms with E-state index in [0.717, 1.165) is 22.0 Å². The molecule has 0 saturated carbocycles. The van der Waals surface area contributed by atoms with E-state index in [1.165, 1.54) is 18.3 Å². The van der Waals surface area contributed by atoms with Crippen molar-refractivity contribution in [2.24, 2.45) is 5.10 Å². The number of hydrazone groups is 1. The van der Waals surface area contributed by atoms with Crippen molar-refractivity contribution in [1.82, 2.24) is 9.99 Å². The van der Waals surface area contributed by atoms with Crippen LogP contribution in [0.3, 0.4) is 0 Å². The van der Waals surface area contributed by atoms with Crippen LogP contribution >= 0.6 is 0 Å². The molecule has 9 heteroatoms. The summed E-state index contributed by atoms with van der Waals surface area (Å²) in [6, 6.07) is 7.80. The van der Waals surface area contributed by atoms with Crippen LogP contribution in [0, 0.1) is 0 Å². The number of hydrogen-bond donors (Lipinski definition) is 1. The van der Waals surface area contributed by atoms with Crippen LogP contribution in [0.2, 0.25) is 0 Å². The van der Waals surface area contributed by atoms with Gasteiger partial charge in [0, 0.05) is 11.9 Å². The molecule has 1 aliphatic rings. The van der Waals surface area contributed by atoms with E-state index in [1.54, 1.807) is 18.3 Å². The van der Waals surface area contributed by atoms with Crippen LogP contribution in [0.4, 0.5) is 18.9 Å². The third kappa shape index (κ3) is 3.70. The quantitative estimate of drug-likeness (QED) is 0.863. The molecule has 130 valence electrons. The average molecular weight is 350 g/mol. The fourth-order valence-corrected chi connectivity index (χ4v) is 2.35. The molecule has 6 nitrogen and oxygen atoms in total. The summed E-state index contributed by atoms with van der Waals surface area (Å²) in [5, 5.41) is 4.94. The summed E-state index contributed by atoms with van der Waals surface area (Å²) in [5.41, 5.74) is -0.195. The van der Waals surface area contributed by atoms with Crippen LogP contribution in [0.5, 0.6) is 0 Å². The molecule has 0 radical (unpaired) electrons. The van der Waals surface area contributed by atoms with Crippen molar-refractivity contribution in [3.05, 3.63) is 53.9 Å². The Morgan fingerprint density at radius 3 is 2.56 bits per heavy atom. The fourth-order valence-electron chi connectivity index (χ4n) is 2.35. The number of nitrogens with zero attached hydrogens (tertiary/aromatic N) is 3. The number of carbonyl (C=O) groups is 2. The van der Waals surface area contributed by atoms with Crippen LogP contribution < -0.4 is 4.90 Å². The maximum absolute atomic E-state index is 12.8. The van der Waals surface area contributed by atoms with Gasteiger partial charge < -0.3 is 9.88 Å². The number of piperazine rings is 1. The predicted molar refractivity (Wildman–Crippen MR) is 83.9 cm³/mol. The molecule has 1 aromatic carbocycles. The van der Waals surface area contributed by atoms with Crippen LogP contribution in [-0.4, -0.2) is 41.1 Å². The first-order valence-corrected chi connectivity index (χ1v) is 7.30. The Kier molecular flexibility index (Phi) is 4.30. The molecule has 0 aliphatic carbocycles. The number of halogens is 3. The van der Waals surface area contributed by atoms with Gasteiger partial charge >= 0.3 is 6.18 Å². The van der Waals surface area contributed by atoms with Gasteiger partial charge in [0.2, 0.25) is 5.91 Å². The second kappa shape index (κ2) is 6.42. The van der Waals surface area contributed by atoms with Crippen molar-refractivity contribution in [2.45, 2.75) is 6.18 Å². The number of aromatic nitrogens is 1. The van der Waals surface area contributed by atoms with Crippen molar-refractivity contribution in [3.8, 4) is 0 Å². The highest BCUT2D eigenvalue weighted by Crippen LogP contribution is 2.32. The summed E-state index contributed by atoms with van der Waals surface area (Å²) in [7, 11) is 0. The Morgan fingerprint density at radius 1 is 1.08 bits per heavy atom. The van der Waals surface area contributed by atoms with Gasteiger partial charge in [-0.1, -0.05) is 6.07 Å². The van der Waals surface area contributed by atoms with Gasteiger partial charge in [0.25, 0.3) is 5.91 Å². The molecule has 1 aromatic heterocycles. The van der Waals surface area contributed by atoms with Crippen molar-refractivity contribution >= 4 is 23.7 Å². The molecule has 1 N–H and O–H groups in total. The number of carbonyl (C=O) groups excluding carboxylic acids is 2. The Balaban J connectivity index is 1.77. The van der Waals surface area contributed by atoms with Gasteiger partial charge in [0.05, 0.1) is 17.5 Å². The number of H-pyrrole nitrogens is 1. The Morgan fingerprint density at radius 2 is 1.88 bits per heavy atom. The van der Waals surface area contributed by atoms with Crippen LogP contribution in [0.15, 0.2) is 47.7 Å². The lowest BCUT2D eigenvalue weighted by molar-refractivity contribution is -0.138. The lowest BCUT2D eigenvalue weighted by Gasteiger charge is -2.31. The lowest BCUT2D eigenvalue weighted by Crippen LogP contribution is -2.52. The summed E-state index contributed by atoms with van der Waals surface area (Å²) in [5.74, 6) is -0.998. The predicted octanol–water partition coefficient (Wildman–Crippen LogP) is 2.24. The minimum absolute atomic E-state index is 0.0289. The molecule has 3 rings (SSSR count). The molecule has 25 heavy (non-hydrogen) atoms. The second-order valence-electron chi connectivity index (χ2n) is 5.35. The second-order valence-corrected chi connectivity index (χ2v) is 5.35. The standard InChI is InChI=1S/C16H13F3N4O2/c17-16(18,19)11-3-1-5-13(7-11)22-9-15(25)23(10-14(22)24)21-8-12-4-2-6-20-12/h1-8,20H,9-10H2. The molecule has 0 atom stereocenters.